The summed E-state index contributed by atoms with van der Waals surface area (Å²) < 4.78 is 9.33. The van der Waals surface area contributed by atoms with Crippen molar-refractivity contribution in [1.82, 2.24) is 0 Å². The summed E-state index contributed by atoms with van der Waals surface area (Å²) in [7, 11) is -3.15. The maximum absolute atomic E-state index is 9.73. The average Bonchev–Trinajstić information content (AvgIpc) is 1.88. The van der Waals surface area contributed by atoms with Gasteiger partial charge in [0, 0.05) is 0 Å². The Hall–Kier alpha value is -1.64. The Kier molecular flexibility index (Phi) is 3.59. The first-order chi connectivity index (χ1) is 5.18. The number of carbonyl (C=O) groups excluding carboxylic acids is 3. The summed E-state index contributed by atoms with van der Waals surface area (Å²) >= 11 is 0. The molecule has 0 radical (unpaired) electrons. The van der Waals surface area contributed by atoms with Crippen LogP contribution in [-0.4, -0.2) is 26.8 Å². The zero-order chi connectivity index (χ0) is 8.74. The number of hydrogen-bond acceptors (Lipinski definition) is 6. The van der Waals surface area contributed by atoms with Crippen molar-refractivity contribution in [3.8, 4) is 0 Å². The monoisotopic (exact) mass is 169 g/mol. The summed E-state index contributed by atoms with van der Waals surface area (Å²) in [6.45, 7) is 1.30. The molecule has 0 atom stereocenters. The van der Waals surface area contributed by atoms with Crippen molar-refractivity contribution >= 4 is 26.8 Å². The molecule has 0 saturated heterocycles. The highest BCUT2D eigenvalue weighted by Gasteiger charge is 2.27. The third-order valence-electron chi connectivity index (χ3n) is 0.772. The molecule has 7 heteroatoms. The molecule has 6 nitrogen and oxygen atoms in total. The van der Waals surface area contributed by atoms with Gasteiger partial charge in [-0.2, -0.15) is 14.0 Å². The molecule has 0 spiro atoms. The second kappa shape index (κ2) is 4.22. The molecular formula is C4H3N3O3Si. The van der Waals surface area contributed by atoms with Crippen LogP contribution in [0, 0.1) is 0 Å². The van der Waals surface area contributed by atoms with Crippen molar-refractivity contribution in [2.24, 2.45) is 14.0 Å². The largest absolute Gasteiger partial charge is 0.464 e. The summed E-state index contributed by atoms with van der Waals surface area (Å²) in [5.74, 6) is 0. The van der Waals surface area contributed by atoms with E-state index in [0.29, 0.717) is 0 Å². The van der Waals surface area contributed by atoms with Gasteiger partial charge in [0.15, 0.2) is 0 Å². The van der Waals surface area contributed by atoms with Crippen LogP contribution in [0.15, 0.2) is 14.0 Å². The molecule has 0 unspecified atom stereocenters. The van der Waals surface area contributed by atoms with Crippen LogP contribution in [0.3, 0.4) is 0 Å². The van der Waals surface area contributed by atoms with E-state index in [-0.39, 0.29) is 0 Å². The van der Waals surface area contributed by atoms with Gasteiger partial charge in [0.1, 0.15) is 0 Å². The summed E-state index contributed by atoms with van der Waals surface area (Å²) in [5.41, 5.74) is 0. The van der Waals surface area contributed by atoms with Gasteiger partial charge >= 0.3 is 8.56 Å². The minimum atomic E-state index is -3.15. The van der Waals surface area contributed by atoms with Gasteiger partial charge in [-0.1, -0.05) is 0 Å². The van der Waals surface area contributed by atoms with Crippen LogP contribution in [0.5, 0.6) is 0 Å². The van der Waals surface area contributed by atoms with Crippen LogP contribution in [0.2, 0.25) is 6.55 Å². The van der Waals surface area contributed by atoms with E-state index in [1.54, 1.807) is 0 Å². The van der Waals surface area contributed by atoms with Gasteiger partial charge in [-0.05, 0) is 6.55 Å². The van der Waals surface area contributed by atoms with Crippen LogP contribution in [0.1, 0.15) is 0 Å². The lowest BCUT2D eigenvalue weighted by Crippen LogP contribution is -2.22. The fourth-order valence-corrected chi connectivity index (χ4v) is 1.00. The Balaban J connectivity index is 4.94. The molecule has 0 aliphatic rings. The first-order valence-corrected chi connectivity index (χ1v) is 4.80. The molecule has 0 amide bonds. The van der Waals surface area contributed by atoms with Crippen molar-refractivity contribution in [3.05, 3.63) is 0 Å². The highest BCUT2D eigenvalue weighted by atomic mass is 28.4. The van der Waals surface area contributed by atoms with Crippen LogP contribution < -0.4 is 0 Å². The third-order valence-corrected chi connectivity index (χ3v) is 2.32. The number of hydrogen-bond donors (Lipinski definition) is 0. The van der Waals surface area contributed by atoms with E-state index >= 15 is 0 Å². The average molecular weight is 169 g/mol. The molecule has 0 aromatic heterocycles. The molecule has 0 aromatic rings. The number of nitrogens with zero attached hydrogens (tertiary/aromatic N) is 3. The lowest BCUT2D eigenvalue weighted by molar-refractivity contribution is 0.564. The van der Waals surface area contributed by atoms with Crippen molar-refractivity contribution in [2.75, 3.05) is 0 Å². The van der Waals surface area contributed by atoms with Gasteiger partial charge in [0.2, 0.25) is 18.2 Å². The maximum Gasteiger partial charge on any atom is 0.464 e. The second-order valence-electron chi connectivity index (χ2n) is 1.58. The van der Waals surface area contributed by atoms with Gasteiger partial charge in [0.25, 0.3) is 0 Å². The quantitative estimate of drug-likeness (QED) is 0.326. The van der Waals surface area contributed by atoms with Gasteiger partial charge < -0.3 is 0 Å². The topological polar surface area (TPSA) is 88.3 Å². The standard InChI is InChI=1S/C4H3N3O3Si/c1-11(5-2-8,6-3-9)7-4-10/h1H3. The summed E-state index contributed by atoms with van der Waals surface area (Å²) in [6.07, 6.45) is 3.51. The first kappa shape index (κ1) is 9.36. The molecule has 11 heavy (non-hydrogen) atoms. The van der Waals surface area contributed by atoms with Gasteiger partial charge in [-0.25, -0.2) is 14.4 Å². The first-order valence-electron chi connectivity index (χ1n) is 2.45. The van der Waals surface area contributed by atoms with Gasteiger partial charge in [0.05, 0.1) is 0 Å². The Morgan fingerprint density at radius 2 is 1.18 bits per heavy atom. The molecular weight excluding hydrogens is 166 g/mol. The second-order valence-corrected chi connectivity index (χ2v) is 4.19. The van der Waals surface area contributed by atoms with Gasteiger partial charge in [-0.15, -0.1) is 0 Å². The summed E-state index contributed by atoms with van der Waals surface area (Å²) in [5, 5.41) is 0. The lowest BCUT2D eigenvalue weighted by atomic mass is 11.7. The molecule has 0 saturated carbocycles. The van der Waals surface area contributed by atoms with Crippen molar-refractivity contribution in [1.29, 1.82) is 0 Å². The minimum absolute atomic E-state index is 1.17. The molecule has 0 bridgehead atoms. The third kappa shape index (κ3) is 3.15. The Labute approximate surface area is 62.6 Å². The van der Waals surface area contributed by atoms with Crippen molar-refractivity contribution < 1.29 is 14.4 Å². The van der Waals surface area contributed by atoms with E-state index in [1.165, 1.54) is 24.8 Å². The molecule has 0 N–H and O–H groups in total. The highest BCUT2D eigenvalue weighted by molar-refractivity contribution is 6.75. The normalized spacial score (nSPS) is 12.8. The number of rotatable bonds is 3. The molecule has 0 aliphatic heterocycles. The van der Waals surface area contributed by atoms with Crippen LogP contribution in [0.25, 0.3) is 0 Å². The molecule has 0 aromatic carbocycles. The Bertz CT molecular complexity index is 237. The van der Waals surface area contributed by atoms with Crippen LogP contribution in [0.4, 0.5) is 0 Å². The smallest absolute Gasteiger partial charge is 0.212 e. The molecule has 0 rings (SSSR count). The summed E-state index contributed by atoms with van der Waals surface area (Å²) in [4.78, 5) is 29.2. The van der Waals surface area contributed by atoms with E-state index in [0.717, 1.165) is 0 Å². The van der Waals surface area contributed by atoms with E-state index in [4.69, 9.17) is 0 Å². The van der Waals surface area contributed by atoms with E-state index in [2.05, 4.69) is 14.0 Å². The molecule has 56 valence electrons. The molecule has 0 aliphatic carbocycles. The Morgan fingerprint density at radius 1 is 0.909 bits per heavy atom. The SMILES string of the molecule is C[Si](N=C=O)(N=C=O)N=C=O. The minimum Gasteiger partial charge on any atom is -0.212 e. The predicted molar refractivity (Wildman–Crippen MR) is 36.0 cm³/mol. The van der Waals surface area contributed by atoms with E-state index < -0.39 is 8.56 Å². The van der Waals surface area contributed by atoms with Crippen LogP contribution >= 0.6 is 0 Å². The molecule has 0 fully saturated rings. The Morgan fingerprint density at radius 3 is 1.36 bits per heavy atom. The fraction of sp³-hybridized carbons (Fsp3) is 0.250. The van der Waals surface area contributed by atoms with Crippen LogP contribution in [-0.2, 0) is 14.4 Å². The fourth-order valence-electron chi connectivity index (χ4n) is 0.334. The summed E-state index contributed by atoms with van der Waals surface area (Å²) in [6, 6.07) is 0. The van der Waals surface area contributed by atoms with Crippen molar-refractivity contribution in [2.45, 2.75) is 6.55 Å². The van der Waals surface area contributed by atoms with E-state index in [1.807, 2.05) is 0 Å². The molecule has 0 heterocycles. The zero-order valence-electron chi connectivity index (χ0n) is 5.57. The lowest BCUT2D eigenvalue weighted by Gasteiger charge is -1.99. The maximum atomic E-state index is 9.73. The van der Waals surface area contributed by atoms with Gasteiger partial charge in [-0.3, -0.25) is 0 Å². The highest BCUT2D eigenvalue weighted by Crippen LogP contribution is 2.04. The van der Waals surface area contributed by atoms with Crippen molar-refractivity contribution in [3.63, 3.8) is 0 Å². The number of isocyanates is 3. The van der Waals surface area contributed by atoms with E-state index in [9.17, 15) is 14.4 Å². The predicted octanol–water partition coefficient (Wildman–Crippen LogP) is -0.438. The zero-order valence-corrected chi connectivity index (χ0v) is 6.57.